The molecule has 1 rings (SSSR count). The van der Waals surface area contributed by atoms with Gasteiger partial charge >= 0.3 is 6.18 Å². The molecule has 1 unspecified atom stereocenters. The highest BCUT2D eigenvalue weighted by molar-refractivity contribution is 7.12. The average Bonchev–Trinajstić information content (AvgIpc) is 2.51. The van der Waals surface area contributed by atoms with E-state index in [0.29, 0.717) is 4.88 Å². The maximum atomic E-state index is 11.9. The van der Waals surface area contributed by atoms with Crippen LogP contribution in [-0.2, 0) is 0 Å². The summed E-state index contributed by atoms with van der Waals surface area (Å²) >= 11 is 1.32. The van der Waals surface area contributed by atoms with Crippen LogP contribution in [0.1, 0.15) is 15.8 Å². The third kappa shape index (κ3) is 3.90. The fourth-order valence-corrected chi connectivity index (χ4v) is 1.93. The van der Waals surface area contributed by atoms with Crippen molar-refractivity contribution in [1.29, 1.82) is 5.26 Å². The van der Waals surface area contributed by atoms with Crippen LogP contribution in [0.25, 0.3) is 0 Å². The minimum Gasteiger partial charge on any atom is -0.289 e. The van der Waals surface area contributed by atoms with E-state index in [1.807, 2.05) is 6.92 Å². The topological polar surface area (TPSA) is 35.8 Å². The molecule has 0 saturated heterocycles. The van der Waals surface area contributed by atoms with Gasteiger partial charge in [0.25, 0.3) is 0 Å². The maximum absolute atomic E-state index is 11.9. The van der Waals surface area contributed by atoms with Crippen molar-refractivity contribution >= 4 is 11.3 Å². The minimum atomic E-state index is -4.29. The van der Waals surface area contributed by atoms with Gasteiger partial charge < -0.3 is 0 Å². The second-order valence-electron chi connectivity index (χ2n) is 3.01. The van der Waals surface area contributed by atoms with Gasteiger partial charge in [0.1, 0.15) is 6.04 Å². The Kier molecular flexibility index (Phi) is 3.72. The van der Waals surface area contributed by atoms with Gasteiger partial charge in [-0.1, -0.05) is 0 Å². The molecule has 0 aliphatic heterocycles. The van der Waals surface area contributed by atoms with Gasteiger partial charge in [0.05, 0.1) is 12.6 Å². The largest absolute Gasteiger partial charge is 0.401 e. The van der Waals surface area contributed by atoms with E-state index in [0.717, 1.165) is 4.88 Å². The van der Waals surface area contributed by atoms with Gasteiger partial charge in [0.2, 0.25) is 0 Å². The molecule has 15 heavy (non-hydrogen) atoms. The number of thiophene rings is 1. The summed E-state index contributed by atoms with van der Waals surface area (Å²) in [5, 5.41) is 10.9. The minimum absolute atomic E-state index is 0.610. The van der Waals surface area contributed by atoms with Crippen molar-refractivity contribution in [1.82, 2.24) is 5.32 Å². The molecule has 0 radical (unpaired) electrons. The Balaban J connectivity index is 2.62. The zero-order valence-electron chi connectivity index (χ0n) is 7.93. The summed E-state index contributed by atoms with van der Waals surface area (Å²) in [5.74, 6) is 0. The summed E-state index contributed by atoms with van der Waals surface area (Å²) in [4.78, 5) is 1.58. The van der Waals surface area contributed by atoms with Crippen molar-refractivity contribution < 1.29 is 13.2 Å². The van der Waals surface area contributed by atoms with Gasteiger partial charge in [-0.15, -0.1) is 11.3 Å². The molecule has 6 heteroatoms. The van der Waals surface area contributed by atoms with E-state index in [-0.39, 0.29) is 0 Å². The Labute approximate surface area is 89.3 Å². The molecule has 0 aliphatic rings. The molecule has 0 aliphatic carbocycles. The molecule has 0 bridgehead atoms. The van der Waals surface area contributed by atoms with E-state index in [4.69, 9.17) is 5.26 Å². The molecular formula is C9H9F3N2S. The quantitative estimate of drug-likeness (QED) is 0.872. The predicted molar refractivity (Wildman–Crippen MR) is 51.5 cm³/mol. The molecule has 0 amide bonds. The highest BCUT2D eigenvalue weighted by atomic mass is 32.1. The fraction of sp³-hybridized carbons (Fsp3) is 0.444. The number of alkyl halides is 3. The number of nitrogens with zero attached hydrogens (tertiary/aromatic N) is 1. The first-order chi connectivity index (χ1) is 6.92. The number of hydrogen-bond donors (Lipinski definition) is 1. The highest BCUT2D eigenvalue weighted by Gasteiger charge is 2.28. The van der Waals surface area contributed by atoms with E-state index < -0.39 is 18.8 Å². The van der Waals surface area contributed by atoms with Crippen LogP contribution in [0, 0.1) is 18.3 Å². The van der Waals surface area contributed by atoms with Crippen molar-refractivity contribution in [2.75, 3.05) is 6.54 Å². The lowest BCUT2D eigenvalue weighted by molar-refractivity contribution is -0.125. The molecule has 0 fully saturated rings. The second-order valence-corrected chi connectivity index (χ2v) is 4.33. The van der Waals surface area contributed by atoms with Gasteiger partial charge in [-0.05, 0) is 19.1 Å². The van der Waals surface area contributed by atoms with Crippen LogP contribution in [-0.4, -0.2) is 12.7 Å². The number of nitriles is 1. The van der Waals surface area contributed by atoms with Crippen molar-refractivity contribution in [2.45, 2.75) is 19.1 Å². The highest BCUT2D eigenvalue weighted by Crippen LogP contribution is 2.23. The van der Waals surface area contributed by atoms with Crippen molar-refractivity contribution in [3.05, 3.63) is 21.9 Å². The zero-order valence-corrected chi connectivity index (χ0v) is 8.75. The first-order valence-electron chi connectivity index (χ1n) is 4.18. The Morgan fingerprint density at radius 3 is 2.60 bits per heavy atom. The summed E-state index contributed by atoms with van der Waals surface area (Å²) < 4.78 is 35.7. The van der Waals surface area contributed by atoms with Crippen molar-refractivity contribution in [3.63, 3.8) is 0 Å². The molecule has 82 valence electrons. The SMILES string of the molecule is Cc1ccc(C(C#N)NCC(F)(F)F)s1. The standard InChI is InChI=1S/C9H9F3N2S/c1-6-2-3-8(15-6)7(4-13)14-5-9(10,11)12/h2-3,7,14H,5H2,1H3. The van der Waals surface area contributed by atoms with Crippen LogP contribution < -0.4 is 5.32 Å². The van der Waals surface area contributed by atoms with Crippen LogP contribution in [0.5, 0.6) is 0 Å². The van der Waals surface area contributed by atoms with E-state index in [2.05, 4.69) is 5.32 Å². The third-order valence-corrected chi connectivity index (χ3v) is 2.75. The van der Waals surface area contributed by atoms with Crippen LogP contribution in [0.15, 0.2) is 12.1 Å². The van der Waals surface area contributed by atoms with Gasteiger partial charge in [-0.25, -0.2) is 0 Å². The summed E-state index contributed by atoms with van der Waals surface area (Å²) in [6, 6.07) is 4.36. The predicted octanol–water partition coefficient (Wildman–Crippen LogP) is 2.77. The Hall–Kier alpha value is -1.06. The summed E-state index contributed by atoms with van der Waals surface area (Å²) in [6.45, 7) is 0.689. The summed E-state index contributed by atoms with van der Waals surface area (Å²) in [7, 11) is 0. The lowest BCUT2D eigenvalue weighted by atomic mass is 10.2. The molecular weight excluding hydrogens is 225 g/mol. The van der Waals surface area contributed by atoms with E-state index >= 15 is 0 Å². The van der Waals surface area contributed by atoms with Crippen LogP contribution >= 0.6 is 11.3 Å². The molecule has 0 aromatic carbocycles. The smallest absolute Gasteiger partial charge is 0.289 e. The van der Waals surface area contributed by atoms with E-state index in [1.165, 1.54) is 11.3 Å². The molecule has 2 nitrogen and oxygen atoms in total. The van der Waals surface area contributed by atoms with Crippen molar-refractivity contribution in [2.24, 2.45) is 0 Å². The van der Waals surface area contributed by atoms with Gasteiger partial charge in [-0.2, -0.15) is 18.4 Å². The number of aryl methyl sites for hydroxylation is 1. The first-order valence-corrected chi connectivity index (χ1v) is 5.00. The summed E-state index contributed by atoms with van der Waals surface area (Å²) in [6.07, 6.45) is -4.29. The Bertz CT molecular complexity index is 364. The van der Waals surface area contributed by atoms with Gasteiger partial charge in [0.15, 0.2) is 0 Å². The number of nitrogens with one attached hydrogen (secondary N) is 1. The number of hydrogen-bond acceptors (Lipinski definition) is 3. The van der Waals surface area contributed by atoms with Crippen LogP contribution in [0.2, 0.25) is 0 Å². The first kappa shape index (κ1) is 12.0. The van der Waals surface area contributed by atoms with Gasteiger partial charge in [0, 0.05) is 9.75 Å². The second kappa shape index (κ2) is 4.64. The molecule has 0 saturated carbocycles. The van der Waals surface area contributed by atoms with Crippen LogP contribution in [0.4, 0.5) is 13.2 Å². The molecule has 1 heterocycles. The van der Waals surface area contributed by atoms with E-state index in [1.54, 1.807) is 18.2 Å². The monoisotopic (exact) mass is 234 g/mol. The third-order valence-electron chi connectivity index (χ3n) is 1.68. The Morgan fingerprint density at radius 1 is 1.53 bits per heavy atom. The average molecular weight is 234 g/mol. The Morgan fingerprint density at radius 2 is 2.20 bits per heavy atom. The molecule has 1 aromatic rings. The molecule has 1 N–H and O–H groups in total. The normalized spacial score (nSPS) is 13.5. The lowest BCUT2D eigenvalue weighted by Gasteiger charge is -2.11. The van der Waals surface area contributed by atoms with Gasteiger partial charge in [-0.3, -0.25) is 5.32 Å². The van der Waals surface area contributed by atoms with E-state index in [9.17, 15) is 13.2 Å². The fourth-order valence-electron chi connectivity index (χ4n) is 1.04. The molecule has 1 aromatic heterocycles. The summed E-state index contributed by atoms with van der Waals surface area (Å²) in [5.41, 5.74) is 0. The molecule has 1 atom stereocenters. The number of halogens is 3. The van der Waals surface area contributed by atoms with Crippen LogP contribution in [0.3, 0.4) is 0 Å². The lowest BCUT2D eigenvalue weighted by Crippen LogP contribution is -2.31. The molecule has 0 spiro atoms. The zero-order chi connectivity index (χ0) is 11.5. The number of rotatable bonds is 3. The van der Waals surface area contributed by atoms with Crippen molar-refractivity contribution in [3.8, 4) is 6.07 Å². The maximum Gasteiger partial charge on any atom is 0.401 e.